The number of aryl methyl sites for hydroxylation is 2. The van der Waals surface area contributed by atoms with Gasteiger partial charge < -0.3 is 16.0 Å². The SMILES string of the molecule is CCNc1cc(C)nc(NCCNC(=O)c2ccccc2C)n1. The Bertz CT molecular complexity index is 672. The third-order valence-electron chi connectivity index (χ3n) is 3.30. The van der Waals surface area contributed by atoms with Crippen LogP contribution in [0.15, 0.2) is 30.3 Å². The van der Waals surface area contributed by atoms with Crippen LogP contribution in [-0.2, 0) is 0 Å². The van der Waals surface area contributed by atoms with Gasteiger partial charge in [-0.3, -0.25) is 4.79 Å². The van der Waals surface area contributed by atoms with E-state index >= 15 is 0 Å². The number of nitrogens with zero attached hydrogens (tertiary/aromatic N) is 2. The van der Waals surface area contributed by atoms with Gasteiger partial charge in [-0.15, -0.1) is 0 Å². The van der Waals surface area contributed by atoms with Gasteiger partial charge in [-0.25, -0.2) is 4.98 Å². The molecule has 1 amide bonds. The Morgan fingerprint density at radius 3 is 2.61 bits per heavy atom. The summed E-state index contributed by atoms with van der Waals surface area (Å²) in [4.78, 5) is 20.8. The molecule has 0 saturated heterocycles. The standard InChI is InChI=1S/C17H23N5O/c1-4-18-15-11-13(3)21-17(22-15)20-10-9-19-16(23)14-8-6-5-7-12(14)2/h5-8,11H,4,9-10H2,1-3H3,(H,19,23)(H2,18,20,21,22). The molecule has 3 N–H and O–H groups in total. The normalized spacial score (nSPS) is 10.2. The Balaban J connectivity index is 1.84. The lowest BCUT2D eigenvalue weighted by Gasteiger charge is -2.10. The van der Waals surface area contributed by atoms with Crippen LogP contribution in [-0.4, -0.2) is 35.5 Å². The molecule has 1 heterocycles. The molecule has 2 rings (SSSR count). The van der Waals surface area contributed by atoms with E-state index in [1.54, 1.807) is 0 Å². The number of hydrogen-bond donors (Lipinski definition) is 3. The van der Waals surface area contributed by atoms with Crippen molar-refractivity contribution in [2.45, 2.75) is 20.8 Å². The molecule has 122 valence electrons. The van der Waals surface area contributed by atoms with Crippen molar-refractivity contribution in [2.75, 3.05) is 30.3 Å². The highest BCUT2D eigenvalue weighted by atomic mass is 16.1. The van der Waals surface area contributed by atoms with Gasteiger partial charge in [-0.2, -0.15) is 4.98 Å². The van der Waals surface area contributed by atoms with Gasteiger partial charge in [0.15, 0.2) is 0 Å². The lowest BCUT2D eigenvalue weighted by atomic mass is 10.1. The summed E-state index contributed by atoms with van der Waals surface area (Å²) in [6.45, 7) is 7.74. The van der Waals surface area contributed by atoms with Crippen molar-refractivity contribution in [3.05, 3.63) is 47.2 Å². The van der Waals surface area contributed by atoms with E-state index in [0.29, 0.717) is 24.6 Å². The molecular formula is C17H23N5O. The van der Waals surface area contributed by atoms with Crippen molar-refractivity contribution < 1.29 is 4.79 Å². The van der Waals surface area contributed by atoms with Gasteiger partial charge in [0.1, 0.15) is 5.82 Å². The summed E-state index contributed by atoms with van der Waals surface area (Å²) < 4.78 is 0. The number of carbonyl (C=O) groups is 1. The maximum Gasteiger partial charge on any atom is 0.251 e. The molecule has 0 bridgehead atoms. The van der Waals surface area contributed by atoms with Crippen molar-refractivity contribution in [3.8, 4) is 0 Å². The van der Waals surface area contributed by atoms with E-state index in [9.17, 15) is 4.79 Å². The van der Waals surface area contributed by atoms with Gasteiger partial charge in [0, 0.05) is 37.0 Å². The number of amides is 1. The summed E-state index contributed by atoms with van der Waals surface area (Å²) in [5, 5.41) is 9.18. The molecule has 6 nitrogen and oxygen atoms in total. The molecule has 0 radical (unpaired) electrons. The molecule has 0 spiro atoms. The molecule has 0 aliphatic rings. The molecule has 23 heavy (non-hydrogen) atoms. The molecule has 2 aromatic rings. The van der Waals surface area contributed by atoms with E-state index in [1.165, 1.54) is 0 Å². The lowest BCUT2D eigenvalue weighted by molar-refractivity contribution is 0.0954. The first-order chi connectivity index (χ1) is 11.1. The highest BCUT2D eigenvalue weighted by molar-refractivity contribution is 5.95. The average molecular weight is 313 g/mol. The Hall–Kier alpha value is -2.63. The number of aromatic nitrogens is 2. The van der Waals surface area contributed by atoms with Gasteiger partial charge >= 0.3 is 0 Å². The molecular weight excluding hydrogens is 290 g/mol. The maximum atomic E-state index is 12.1. The molecule has 6 heteroatoms. The predicted molar refractivity (Wildman–Crippen MR) is 92.9 cm³/mol. The summed E-state index contributed by atoms with van der Waals surface area (Å²) in [5.74, 6) is 1.29. The first-order valence-electron chi connectivity index (χ1n) is 7.77. The molecule has 0 aliphatic carbocycles. The predicted octanol–water partition coefficient (Wildman–Crippen LogP) is 2.37. The van der Waals surface area contributed by atoms with E-state index in [0.717, 1.165) is 23.6 Å². The summed E-state index contributed by atoms with van der Waals surface area (Å²) in [7, 11) is 0. The van der Waals surface area contributed by atoms with E-state index in [4.69, 9.17) is 0 Å². The van der Waals surface area contributed by atoms with E-state index in [2.05, 4.69) is 25.9 Å². The Morgan fingerprint density at radius 1 is 1.09 bits per heavy atom. The molecule has 1 aromatic heterocycles. The van der Waals surface area contributed by atoms with Crippen LogP contribution in [0, 0.1) is 13.8 Å². The van der Waals surface area contributed by atoms with Crippen molar-refractivity contribution in [1.82, 2.24) is 15.3 Å². The fraction of sp³-hybridized carbons (Fsp3) is 0.353. The van der Waals surface area contributed by atoms with Crippen LogP contribution >= 0.6 is 0 Å². The lowest BCUT2D eigenvalue weighted by Crippen LogP contribution is -2.29. The van der Waals surface area contributed by atoms with Crippen LogP contribution in [0.1, 0.15) is 28.5 Å². The van der Waals surface area contributed by atoms with Gasteiger partial charge in [-0.1, -0.05) is 18.2 Å². The smallest absolute Gasteiger partial charge is 0.251 e. The number of nitrogens with one attached hydrogen (secondary N) is 3. The van der Waals surface area contributed by atoms with Crippen LogP contribution in [0.4, 0.5) is 11.8 Å². The Kier molecular flexibility index (Phi) is 5.91. The summed E-state index contributed by atoms with van der Waals surface area (Å²) in [6.07, 6.45) is 0. The first kappa shape index (κ1) is 16.7. The van der Waals surface area contributed by atoms with Crippen molar-refractivity contribution in [3.63, 3.8) is 0 Å². The fourth-order valence-corrected chi connectivity index (χ4v) is 2.19. The zero-order valence-electron chi connectivity index (χ0n) is 13.8. The minimum Gasteiger partial charge on any atom is -0.370 e. The Labute approximate surface area is 136 Å². The van der Waals surface area contributed by atoms with Crippen molar-refractivity contribution in [1.29, 1.82) is 0 Å². The molecule has 1 aromatic carbocycles. The first-order valence-corrected chi connectivity index (χ1v) is 7.77. The molecule has 0 atom stereocenters. The summed E-state index contributed by atoms with van der Waals surface area (Å²) in [6, 6.07) is 9.43. The van der Waals surface area contributed by atoms with Gasteiger partial charge in [0.2, 0.25) is 5.95 Å². The minimum atomic E-state index is -0.0663. The maximum absolute atomic E-state index is 12.1. The minimum absolute atomic E-state index is 0.0663. The number of rotatable bonds is 7. The third kappa shape index (κ3) is 4.95. The molecule has 0 aliphatic heterocycles. The number of hydrogen-bond acceptors (Lipinski definition) is 5. The number of benzene rings is 1. The van der Waals surface area contributed by atoms with Crippen LogP contribution in [0.5, 0.6) is 0 Å². The topological polar surface area (TPSA) is 78.9 Å². The second-order valence-electron chi connectivity index (χ2n) is 5.25. The molecule has 0 unspecified atom stereocenters. The highest BCUT2D eigenvalue weighted by Gasteiger charge is 2.07. The van der Waals surface area contributed by atoms with Crippen LogP contribution in [0.2, 0.25) is 0 Å². The second kappa shape index (κ2) is 8.12. The van der Waals surface area contributed by atoms with Gasteiger partial charge in [-0.05, 0) is 32.4 Å². The third-order valence-corrected chi connectivity index (χ3v) is 3.30. The van der Waals surface area contributed by atoms with Crippen LogP contribution < -0.4 is 16.0 Å². The summed E-state index contributed by atoms with van der Waals surface area (Å²) >= 11 is 0. The highest BCUT2D eigenvalue weighted by Crippen LogP contribution is 2.09. The quantitative estimate of drug-likeness (QED) is 0.684. The monoisotopic (exact) mass is 313 g/mol. The molecule has 0 fully saturated rings. The number of anilines is 2. The van der Waals surface area contributed by atoms with E-state index < -0.39 is 0 Å². The van der Waals surface area contributed by atoms with Crippen LogP contribution in [0.3, 0.4) is 0 Å². The van der Waals surface area contributed by atoms with Gasteiger partial charge in [0.05, 0.1) is 0 Å². The van der Waals surface area contributed by atoms with E-state index in [1.807, 2.05) is 51.1 Å². The largest absolute Gasteiger partial charge is 0.370 e. The summed E-state index contributed by atoms with van der Waals surface area (Å²) in [5.41, 5.74) is 2.56. The van der Waals surface area contributed by atoms with E-state index in [-0.39, 0.29) is 5.91 Å². The Morgan fingerprint density at radius 2 is 1.87 bits per heavy atom. The van der Waals surface area contributed by atoms with Crippen molar-refractivity contribution in [2.24, 2.45) is 0 Å². The zero-order chi connectivity index (χ0) is 16.7. The average Bonchev–Trinajstić information content (AvgIpc) is 2.51. The number of carbonyl (C=O) groups excluding carboxylic acids is 1. The second-order valence-corrected chi connectivity index (χ2v) is 5.25. The van der Waals surface area contributed by atoms with Crippen LogP contribution in [0.25, 0.3) is 0 Å². The molecule has 0 saturated carbocycles. The fourth-order valence-electron chi connectivity index (χ4n) is 2.19. The van der Waals surface area contributed by atoms with Crippen molar-refractivity contribution >= 4 is 17.7 Å². The van der Waals surface area contributed by atoms with Gasteiger partial charge in [0.25, 0.3) is 5.91 Å². The zero-order valence-corrected chi connectivity index (χ0v) is 13.8.